The average molecular weight is 268 g/mol. The molecule has 18 heavy (non-hydrogen) atoms. The van der Waals surface area contributed by atoms with Crippen LogP contribution in [0.2, 0.25) is 0 Å². The molecule has 0 aromatic rings. The molecule has 7 heteroatoms. The fourth-order valence-corrected chi connectivity index (χ4v) is 2.05. The van der Waals surface area contributed by atoms with Gasteiger partial charge < -0.3 is 15.4 Å². The first-order valence-electron chi connectivity index (χ1n) is 6.04. The number of rotatable bonds is 5. The van der Waals surface area contributed by atoms with Gasteiger partial charge in [0, 0.05) is 13.1 Å². The first-order valence-corrected chi connectivity index (χ1v) is 6.04. The summed E-state index contributed by atoms with van der Waals surface area (Å²) in [6, 6.07) is 0. The van der Waals surface area contributed by atoms with Gasteiger partial charge in [0.25, 0.3) is 0 Å². The number of ether oxygens (including phenoxy) is 1. The highest BCUT2D eigenvalue weighted by Gasteiger charge is 2.29. The van der Waals surface area contributed by atoms with E-state index >= 15 is 0 Å². The van der Waals surface area contributed by atoms with Crippen molar-refractivity contribution in [3.63, 3.8) is 0 Å². The van der Waals surface area contributed by atoms with Crippen molar-refractivity contribution in [1.29, 1.82) is 0 Å². The minimum atomic E-state index is -4.38. The zero-order valence-corrected chi connectivity index (χ0v) is 10.2. The minimum absolute atomic E-state index is 0.370. The largest absolute Gasteiger partial charge is 0.411 e. The summed E-state index contributed by atoms with van der Waals surface area (Å²) in [6.45, 7) is -0.0749. The van der Waals surface area contributed by atoms with Gasteiger partial charge in [0.1, 0.15) is 13.2 Å². The van der Waals surface area contributed by atoms with Crippen LogP contribution in [0.5, 0.6) is 0 Å². The lowest BCUT2D eigenvalue weighted by atomic mass is 9.94. The van der Waals surface area contributed by atoms with Gasteiger partial charge in [0.2, 0.25) is 5.91 Å². The summed E-state index contributed by atoms with van der Waals surface area (Å²) in [5.41, 5.74) is 5.45. The Balaban J connectivity index is 2.20. The Bertz CT molecular complexity index is 264. The van der Waals surface area contributed by atoms with E-state index in [0.29, 0.717) is 25.6 Å². The minimum Gasteiger partial charge on any atom is -0.362 e. The van der Waals surface area contributed by atoms with Crippen LogP contribution in [-0.2, 0) is 9.53 Å². The highest BCUT2D eigenvalue weighted by atomic mass is 19.4. The van der Waals surface area contributed by atoms with Gasteiger partial charge >= 0.3 is 6.18 Å². The summed E-state index contributed by atoms with van der Waals surface area (Å²) in [4.78, 5) is 13.1. The quantitative estimate of drug-likeness (QED) is 0.814. The molecule has 1 fully saturated rings. The van der Waals surface area contributed by atoms with Gasteiger partial charge in [-0.25, -0.2) is 0 Å². The van der Waals surface area contributed by atoms with Crippen LogP contribution < -0.4 is 5.73 Å². The maximum atomic E-state index is 11.8. The van der Waals surface area contributed by atoms with E-state index in [2.05, 4.69) is 4.74 Å². The van der Waals surface area contributed by atoms with E-state index in [1.807, 2.05) is 0 Å². The van der Waals surface area contributed by atoms with Crippen LogP contribution >= 0.6 is 0 Å². The zero-order chi connectivity index (χ0) is 13.6. The van der Waals surface area contributed by atoms with Crippen molar-refractivity contribution in [1.82, 2.24) is 4.90 Å². The maximum absolute atomic E-state index is 11.8. The molecular formula is C11H19F3N2O2. The number of likely N-dealkylation sites (tertiary alicyclic amines) is 1. The lowest BCUT2D eigenvalue weighted by molar-refractivity contribution is -0.178. The monoisotopic (exact) mass is 268 g/mol. The Morgan fingerprint density at radius 3 is 2.44 bits per heavy atom. The molecule has 0 atom stereocenters. The number of carbonyl (C=O) groups is 1. The topological polar surface area (TPSA) is 55.6 Å². The predicted octanol–water partition coefficient (Wildman–Crippen LogP) is 1.15. The van der Waals surface area contributed by atoms with Crippen molar-refractivity contribution < 1.29 is 22.7 Å². The lowest BCUT2D eigenvalue weighted by Crippen LogP contribution is -2.41. The highest BCUT2D eigenvalue weighted by Crippen LogP contribution is 2.20. The van der Waals surface area contributed by atoms with Gasteiger partial charge in [0.15, 0.2) is 0 Å². The summed E-state index contributed by atoms with van der Waals surface area (Å²) in [7, 11) is 0. The Hall–Kier alpha value is -0.820. The second kappa shape index (κ2) is 6.94. The molecule has 2 N–H and O–H groups in total. The van der Waals surface area contributed by atoms with Crippen LogP contribution in [0, 0.1) is 5.92 Å². The third kappa shape index (κ3) is 5.68. The van der Waals surface area contributed by atoms with Gasteiger partial charge in [-0.2, -0.15) is 13.2 Å². The van der Waals surface area contributed by atoms with Crippen molar-refractivity contribution in [2.75, 3.05) is 32.8 Å². The Morgan fingerprint density at radius 2 is 1.94 bits per heavy atom. The van der Waals surface area contributed by atoms with Crippen LogP contribution in [0.15, 0.2) is 0 Å². The number of nitrogens with zero attached hydrogens (tertiary/aromatic N) is 1. The normalized spacial score (nSPS) is 18.1. The highest BCUT2D eigenvalue weighted by molar-refractivity contribution is 5.77. The predicted molar refractivity (Wildman–Crippen MR) is 59.8 cm³/mol. The molecule has 1 aliphatic rings. The van der Waals surface area contributed by atoms with E-state index < -0.39 is 19.4 Å². The van der Waals surface area contributed by atoms with Crippen LogP contribution in [0.1, 0.15) is 19.3 Å². The van der Waals surface area contributed by atoms with Crippen LogP contribution in [0.3, 0.4) is 0 Å². The fraction of sp³-hybridized carbons (Fsp3) is 0.909. The summed E-state index contributed by atoms with van der Waals surface area (Å²) in [5, 5.41) is 0. The van der Waals surface area contributed by atoms with E-state index in [-0.39, 0.29) is 5.91 Å². The van der Waals surface area contributed by atoms with Crippen molar-refractivity contribution in [2.24, 2.45) is 11.7 Å². The molecule has 0 spiro atoms. The van der Waals surface area contributed by atoms with Gasteiger partial charge in [-0.05, 0) is 31.7 Å². The van der Waals surface area contributed by atoms with Crippen LogP contribution in [0.4, 0.5) is 13.2 Å². The SMILES string of the molecule is NCCC1CCN(C(=O)COCC(F)(F)F)CC1. The van der Waals surface area contributed by atoms with Crippen molar-refractivity contribution in [3.8, 4) is 0 Å². The molecule has 0 unspecified atom stereocenters. The van der Waals surface area contributed by atoms with E-state index in [4.69, 9.17) is 5.73 Å². The van der Waals surface area contributed by atoms with E-state index in [1.54, 1.807) is 4.90 Å². The van der Waals surface area contributed by atoms with Gasteiger partial charge in [0.05, 0.1) is 0 Å². The van der Waals surface area contributed by atoms with E-state index in [1.165, 1.54) is 0 Å². The molecule has 1 amide bonds. The number of hydrogen-bond acceptors (Lipinski definition) is 3. The molecule has 1 aliphatic heterocycles. The maximum Gasteiger partial charge on any atom is 0.411 e. The van der Waals surface area contributed by atoms with E-state index in [9.17, 15) is 18.0 Å². The molecule has 0 bridgehead atoms. The molecule has 4 nitrogen and oxygen atoms in total. The van der Waals surface area contributed by atoms with E-state index in [0.717, 1.165) is 19.3 Å². The summed E-state index contributed by atoms with van der Waals surface area (Å²) in [6.07, 6.45) is -1.72. The third-order valence-electron chi connectivity index (χ3n) is 3.03. The molecule has 1 heterocycles. The molecular weight excluding hydrogens is 249 g/mol. The fourth-order valence-electron chi connectivity index (χ4n) is 2.05. The second-order valence-electron chi connectivity index (χ2n) is 4.51. The standard InChI is InChI=1S/C11H19F3N2O2/c12-11(13,14)8-18-7-10(17)16-5-2-9(1-4-15)3-6-16/h9H,1-8,15H2. The molecule has 0 aliphatic carbocycles. The zero-order valence-electron chi connectivity index (χ0n) is 10.2. The Labute approximate surface area is 104 Å². The molecule has 1 saturated heterocycles. The molecule has 106 valence electrons. The number of hydrogen-bond donors (Lipinski definition) is 1. The van der Waals surface area contributed by atoms with Gasteiger partial charge in [-0.15, -0.1) is 0 Å². The molecule has 0 saturated carbocycles. The van der Waals surface area contributed by atoms with Crippen molar-refractivity contribution >= 4 is 5.91 Å². The first-order chi connectivity index (χ1) is 8.42. The molecule has 0 aromatic carbocycles. The van der Waals surface area contributed by atoms with Gasteiger partial charge in [-0.3, -0.25) is 4.79 Å². The smallest absolute Gasteiger partial charge is 0.362 e. The van der Waals surface area contributed by atoms with Crippen LogP contribution in [0.25, 0.3) is 0 Å². The number of alkyl halides is 3. The summed E-state index contributed by atoms with van der Waals surface area (Å²) in [5.74, 6) is 0.153. The number of piperidine rings is 1. The lowest BCUT2D eigenvalue weighted by Gasteiger charge is -2.31. The first kappa shape index (κ1) is 15.2. The number of carbonyl (C=O) groups excluding carboxylic acids is 1. The van der Waals surface area contributed by atoms with Crippen molar-refractivity contribution in [3.05, 3.63) is 0 Å². The average Bonchev–Trinajstić information content (AvgIpc) is 2.28. The molecule has 0 radical (unpaired) electrons. The van der Waals surface area contributed by atoms with Gasteiger partial charge in [-0.1, -0.05) is 0 Å². The number of nitrogens with two attached hydrogens (primary N) is 1. The molecule has 0 aromatic heterocycles. The third-order valence-corrected chi connectivity index (χ3v) is 3.03. The summed E-state index contributed by atoms with van der Waals surface area (Å²) < 4.78 is 39.8. The van der Waals surface area contributed by atoms with Crippen molar-refractivity contribution in [2.45, 2.75) is 25.4 Å². The Morgan fingerprint density at radius 1 is 1.33 bits per heavy atom. The van der Waals surface area contributed by atoms with Crippen LogP contribution in [-0.4, -0.2) is 49.8 Å². The number of halogens is 3. The molecule has 1 rings (SSSR count). The Kier molecular flexibility index (Phi) is 5.87. The summed E-state index contributed by atoms with van der Waals surface area (Å²) >= 11 is 0. The second-order valence-corrected chi connectivity index (χ2v) is 4.51. The number of amides is 1.